The summed E-state index contributed by atoms with van der Waals surface area (Å²) in [4.78, 5) is 0. The van der Waals surface area contributed by atoms with E-state index in [1.54, 1.807) is 10.9 Å². The number of nitrogens with zero attached hydrogens (tertiary/aromatic N) is 3. The normalized spacial score (nSPS) is 11.3. The number of para-hydroxylation sites is 1. The van der Waals surface area contributed by atoms with Gasteiger partial charge in [0.05, 0.1) is 6.21 Å². The Bertz CT molecular complexity index is 895. The van der Waals surface area contributed by atoms with Crippen LogP contribution in [0.2, 0.25) is 0 Å². The third-order valence-electron chi connectivity index (χ3n) is 3.75. The van der Waals surface area contributed by atoms with Crippen molar-refractivity contribution in [1.82, 2.24) is 14.9 Å². The first-order chi connectivity index (χ1) is 12.1. The maximum Gasteiger partial charge on any atom is 0.216 e. The van der Waals surface area contributed by atoms with Crippen LogP contribution in [0.3, 0.4) is 0 Å². The van der Waals surface area contributed by atoms with Gasteiger partial charge < -0.3 is 4.74 Å². The molecule has 0 amide bonds. The minimum absolute atomic E-state index is 0.279. The molecule has 0 saturated carbocycles. The molecule has 128 valence electrons. The predicted molar refractivity (Wildman–Crippen MR) is 102 cm³/mol. The van der Waals surface area contributed by atoms with Gasteiger partial charge in [-0.2, -0.15) is 14.9 Å². The number of hydrogen-bond donors (Lipinski definition) is 1. The quantitative estimate of drug-likeness (QED) is 0.524. The van der Waals surface area contributed by atoms with Crippen LogP contribution in [0.4, 0.5) is 0 Å². The topological polar surface area (TPSA) is 55.2 Å². The highest BCUT2D eigenvalue weighted by atomic mass is 32.1. The average Bonchev–Trinajstić information content (AvgIpc) is 2.99. The van der Waals surface area contributed by atoms with Crippen LogP contribution in [0.15, 0.2) is 59.7 Å². The van der Waals surface area contributed by atoms with E-state index in [0.717, 1.165) is 11.3 Å². The molecule has 0 fully saturated rings. The Morgan fingerprint density at radius 3 is 2.56 bits per heavy atom. The maximum atomic E-state index is 5.72. The van der Waals surface area contributed by atoms with Crippen molar-refractivity contribution in [2.24, 2.45) is 5.10 Å². The van der Waals surface area contributed by atoms with E-state index in [0.29, 0.717) is 16.5 Å². The van der Waals surface area contributed by atoms with Crippen LogP contribution in [0, 0.1) is 4.77 Å². The molecule has 0 atom stereocenters. The smallest absolute Gasteiger partial charge is 0.216 e. The number of aromatic amines is 1. The van der Waals surface area contributed by atoms with Crippen molar-refractivity contribution in [2.45, 2.75) is 26.4 Å². The molecule has 1 aromatic heterocycles. The molecule has 1 heterocycles. The lowest BCUT2D eigenvalue weighted by Crippen LogP contribution is -2.04. The highest BCUT2D eigenvalue weighted by Crippen LogP contribution is 2.14. The van der Waals surface area contributed by atoms with Gasteiger partial charge in [0.1, 0.15) is 12.4 Å². The van der Waals surface area contributed by atoms with Crippen molar-refractivity contribution in [2.75, 3.05) is 0 Å². The molecule has 0 aliphatic rings. The van der Waals surface area contributed by atoms with Gasteiger partial charge in [-0.3, -0.25) is 0 Å². The lowest BCUT2D eigenvalue weighted by Gasteiger charge is -2.05. The summed E-state index contributed by atoms with van der Waals surface area (Å²) in [6.45, 7) is 4.63. The van der Waals surface area contributed by atoms with Crippen molar-refractivity contribution in [1.29, 1.82) is 0 Å². The van der Waals surface area contributed by atoms with Crippen molar-refractivity contribution >= 4 is 18.4 Å². The molecule has 5 nitrogen and oxygen atoms in total. The summed E-state index contributed by atoms with van der Waals surface area (Å²) in [5.74, 6) is 1.90. The molecule has 0 radical (unpaired) electrons. The van der Waals surface area contributed by atoms with Crippen LogP contribution < -0.4 is 4.74 Å². The van der Waals surface area contributed by atoms with Gasteiger partial charge in [0.2, 0.25) is 4.77 Å². The zero-order chi connectivity index (χ0) is 17.6. The van der Waals surface area contributed by atoms with Gasteiger partial charge in [0, 0.05) is 0 Å². The third-order valence-corrected chi connectivity index (χ3v) is 4.02. The molecule has 0 unspecified atom stereocenters. The van der Waals surface area contributed by atoms with E-state index < -0.39 is 0 Å². The fraction of sp³-hybridized carbons (Fsp3) is 0.211. The summed E-state index contributed by atoms with van der Waals surface area (Å²) in [6.07, 6.45) is 1.77. The largest absolute Gasteiger partial charge is 0.486 e. The zero-order valence-electron chi connectivity index (χ0n) is 14.2. The first-order valence-electron chi connectivity index (χ1n) is 8.12. The number of ether oxygens (including phenoxy) is 1. The summed E-state index contributed by atoms with van der Waals surface area (Å²) >= 11 is 5.25. The predicted octanol–water partition coefficient (Wildman–Crippen LogP) is 4.53. The van der Waals surface area contributed by atoms with Gasteiger partial charge in [-0.25, -0.2) is 5.10 Å². The number of nitrogens with one attached hydrogen (secondary N) is 1. The standard InChI is InChI=1S/C19H20N4OS/c1-14(2)16-10-8-15(9-11-16)12-20-23-18(21-22-19(23)25)13-24-17-6-4-3-5-7-17/h3-12,14H,13H2,1-2H3,(H,22,25)/b20-12-. The number of benzene rings is 2. The Balaban J connectivity index is 1.74. The van der Waals surface area contributed by atoms with Gasteiger partial charge in [-0.1, -0.05) is 56.3 Å². The minimum atomic E-state index is 0.279. The van der Waals surface area contributed by atoms with Crippen molar-refractivity contribution in [3.05, 3.63) is 76.3 Å². The van der Waals surface area contributed by atoms with E-state index in [-0.39, 0.29) is 6.61 Å². The summed E-state index contributed by atoms with van der Waals surface area (Å²) in [7, 11) is 0. The minimum Gasteiger partial charge on any atom is -0.486 e. The van der Waals surface area contributed by atoms with Crippen LogP contribution in [0.25, 0.3) is 0 Å². The summed E-state index contributed by atoms with van der Waals surface area (Å²) in [5.41, 5.74) is 2.30. The molecule has 1 N–H and O–H groups in total. The lowest BCUT2D eigenvalue weighted by atomic mass is 10.0. The molecule has 25 heavy (non-hydrogen) atoms. The Kier molecular flexibility index (Phi) is 5.40. The fourth-order valence-corrected chi connectivity index (χ4v) is 2.49. The maximum absolute atomic E-state index is 5.72. The molecule has 0 aliphatic carbocycles. The number of rotatable bonds is 6. The van der Waals surface area contributed by atoms with Crippen LogP contribution in [-0.2, 0) is 6.61 Å². The van der Waals surface area contributed by atoms with E-state index in [1.807, 2.05) is 42.5 Å². The summed E-state index contributed by atoms with van der Waals surface area (Å²) in [5, 5.41) is 11.4. The van der Waals surface area contributed by atoms with Gasteiger partial charge in [0.25, 0.3) is 0 Å². The van der Waals surface area contributed by atoms with E-state index in [4.69, 9.17) is 17.0 Å². The van der Waals surface area contributed by atoms with Crippen LogP contribution in [0.1, 0.15) is 36.7 Å². The van der Waals surface area contributed by atoms with Gasteiger partial charge in [-0.05, 0) is 41.4 Å². The highest BCUT2D eigenvalue weighted by Gasteiger charge is 2.06. The number of aromatic nitrogens is 3. The Morgan fingerprint density at radius 1 is 1.16 bits per heavy atom. The SMILES string of the molecule is CC(C)c1ccc(/C=N\n2c(COc3ccccc3)n[nH]c2=S)cc1. The number of hydrogen-bond acceptors (Lipinski definition) is 4. The van der Waals surface area contributed by atoms with Crippen LogP contribution in [0.5, 0.6) is 5.75 Å². The average molecular weight is 352 g/mol. The van der Waals surface area contributed by atoms with E-state index in [1.165, 1.54) is 5.56 Å². The number of H-pyrrole nitrogens is 1. The molecule has 2 aromatic carbocycles. The second-order valence-electron chi connectivity index (χ2n) is 5.92. The Labute approximate surface area is 152 Å². The van der Waals surface area contributed by atoms with Crippen molar-refractivity contribution < 1.29 is 4.74 Å². The monoisotopic (exact) mass is 352 g/mol. The van der Waals surface area contributed by atoms with Crippen LogP contribution in [-0.4, -0.2) is 21.1 Å². The summed E-state index contributed by atoms with van der Waals surface area (Å²) in [6, 6.07) is 17.9. The van der Waals surface area contributed by atoms with E-state index in [9.17, 15) is 0 Å². The molecule has 0 aliphatic heterocycles. The Morgan fingerprint density at radius 2 is 1.88 bits per heavy atom. The molecule has 6 heteroatoms. The first kappa shape index (κ1) is 17.1. The zero-order valence-corrected chi connectivity index (χ0v) is 15.0. The van der Waals surface area contributed by atoms with E-state index >= 15 is 0 Å². The van der Waals surface area contributed by atoms with Crippen molar-refractivity contribution in [3.63, 3.8) is 0 Å². The molecule has 0 bridgehead atoms. The third kappa shape index (κ3) is 4.42. The molecular weight excluding hydrogens is 332 g/mol. The summed E-state index contributed by atoms with van der Waals surface area (Å²) < 4.78 is 7.73. The van der Waals surface area contributed by atoms with Crippen LogP contribution >= 0.6 is 12.2 Å². The second-order valence-corrected chi connectivity index (χ2v) is 6.31. The molecule has 0 spiro atoms. The molecule has 3 aromatic rings. The lowest BCUT2D eigenvalue weighted by molar-refractivity contribution is 0.290. The first-order valence-corrected chi connectivity index (χ1v) is 8.53. The molecule has 0 saturated heterocycles. The fourth-order valence-electron chi connectivity index (χ4n) is 2.29. The van der Waals surface area contributed by atoms with E-state index in [2.05, 4.69) is 41.3 Å². The molecular formula is C19H20N4OS. The Hall–Kier alpha value is -2.73. The van der Waals surface area contributed by atoms with Gasteiger partial charge in [-0.15, -0.1) is 0 Å². The molecule has 3 rings (SSSR count). The highest BCUT2D eigenvalue weighted by molar-refractivity contribution is 7.71. The van der Waals surface area contributed by atoms with Gasteiger partial charge in [0.15, 0.2) is 5.82 Å². The second kappa shape index (κ2) is 7.90. The van der Waals surface area contributed by atoms with Crippen molar-refractivity contribution in [3.8, 4) is 5.75 Å². The van der Waals surface area contributed by atoms with Gasteiger partial charge >= 0.3 is 0 Å².